The number of fused-ring (bicyclic) bond motifs is 1. The number of amides is 1. The Hall–Kier alpha value is -2.25. The van der Waals surface area contributed by atoms with E-state index in [1.165, 1.54) is 12.1 Å². The second-order valence-electron chi connectivity index (χ2n) is 4.66. The molecule has 0 saturated heterocycles. The Balaban J connectivity index is 1.95. The van der Waals surface area contributed by atoms with E-state index in [1.807, 2.05) is 24.3 Å². The van der Waals surface area contributed by atoms with Crippen molar-refractivity contribution in [3.8, 4) is 0 Å². The minimum atomic E-state index is -0.473. The molecule has 1 amide bonds. The van der Waals surface area contributed by atoms with Crippen molar-refractivity contribution >= 4 is 27.9 Å². The molecule has 1 N–H and O–H groups in total. The summed E-state index contributed by atoms with van der Waals surface area (Å²) in [5, 5.41) is 14.0. The maximum Gasteiger partial charge on any atom is 0.324 e. The molecule has 1 aromatic heterocycles. The number of nitro groups is 1. The second-order valence-corrected chi connectivity index (χ2v) is 5.72. The maximum absolute atomic E-state index is 12.6. The van der Waals surface area contributed by atoms with Crippen molar-refractivity contribution in [1.29, 1.82) is 0 Å². The van der Waals surface area contributed by atoms with Gasteiger partial charge in [0.25, 0.3) is 5.91 Å². The molecule has 0 unspecified atom stereocenters. The number of rotatable bonds is 2. The smallest absolute Gasteiger partial charge is 0.311 e. The van der Waals surface area contributed by atoms with E-state index in [0.717, 1.165) is 22.6 Å². The minimum Gasteiger partial charge on any atom is -0.311 e. The van der Waals surface area contributed by atoms with E-state index in [-0.39, 0.29) is 10.9 Å². The number of hydrogen-bond donors (Lipinski definition) is 1. The highest BCUT2D eigenvalue weighted by atomic mass is 32.1. The summed E-state index contributed by atoms with van der Waals surface area (Å²) < 4.78 is 0. The highest BCUT2D eigenvalue weighted by Gasteiger charge is 2.24. The fraction of sp³-hybridized carbons (Fsp3) is 0.214. The molecule has 1 aliphatic rings. The van der Waals surface area contributed by atoms with Crippen LogP contribution >= 0.6 is 11.3 Å². The average Bonchev–Trinajstić information content (AvgIpc) is 2.88. The van der Waals surface area contributed by atoms with Crippen LogP contribution in [0.3, 0.4) is 0 Å². The zero-order chi connectivity index (χ0) is 14.8. The Morgan fingerprint density at radius 3 is 2.86 bits per heavy atom. The molecule has 0 bridgehead atoms. The molecular formula is C14H13N3O3S. The van der Waals surface area contributed by atoms with Crippen LogP contribution in [-0.4, -0.2) is 23.9 Å². The number of anilines is 1. The zero-order valence-corrected chi connectivity index (χ0v) is 11.9. The summed E-state index contributed by atoms with van der Waals surface area (Å²) in [6.45, 7) is 1.94. The Bertz CT molecular complexity index is 698. The van der Waals surface area contributed by atoms with Crippen molar-refractivity contribution in [2.75, 3.05) is 18.0 Å². The van der Waals surface area contributed by atoms with E-state index in [9.17, 15) is 14.9 Å². The summed E-state index contributed by atoms with van der Waals surface area (Å²) in [6.07, 6.45) is 0. The number of nitrogens with zero attached hydrogens (tertiary/aromatic N) is 2. The molecule has 108 valence electrons. The predicted molar refractivity (Wildman–Crippen MR) is 80.8 cm³/mol. The average molecular weight is 303 g/mol. The van der Waals surface area contributed by atoms with Crippen LogP contribution in [0.15, 0.2) is 36.4 Å². The van der Waals surface area contributed by atoms with Crippen LogP contribution in [-0.2, 0) is 6.54 Å². The molecule has 0 spiro atoms. The van der Waals surface area contributed by atoms with E-state index in [1.54, 1.807) is 4.90 Å². The van der Waals surface area contributed by atoms with Crippen molar-refractivity contribution < 1.29 is 9.72 Å². The lowest BCUT2D eigenvalue weighted by Gasteiger charge is -2.21. The summed E-state index contributed by atoms with van der Waals surface area (Å²) in [5.41, 5.74) is 1.91. The Kier molecular flexibility index (Phi) is 3.68. The third-order valence-corrected chi connectivity index (χ3v) is 4.36. The van der Waals surface area contributed by atoms with E-state index in [0.29, 0.717) is 24.5 Å². The van der Waals surface area contributed by atoms with Gasteiger partial charge in [-0.05, 0) is 17.7 Å². The van der Waals surface area contributed by atoms with Gasteiger partial charge in [0.2, 0.25) is 0 Å². The summed E-state index contributed by atoms with van der Waals surface area (Å²) in [4.78, 5) is 25.0. The van der Waals surface area contributed by atoms with Gasteiger partial charge >= 0.3 is 5.00 Å². The minimum absolute atomic E-state index is 0.0143. The first-order valence-corrected chi connectivity index (χ1v) is 7.33. The summed E-state index contributed by atoms with van der Waals surface area (Å²) in [6, 6.07) is 10.6. The maximum atomic E-state index is 12.6. The van der Waals surface area contributed by atoms with Crippen molar-refractivity contribution in [3.05, 3.63) is 57.0 Å². The van der Waals surface area contributed by atoms with Crippen molar-refractivity contribution in [2.24, 2.45) is 0 Å². The highest BCUT2D eigenvalue weighted by molar-refractivity contribution is 7.17. The molecule has 0 radical (unpaired) electrons. The molecular weight excluding hydrogens is 290 g/mol. The van der Waals surface area contributed by atoms with Gasteiger partial charge in [0.1, 0.15) is 0 Å². The molecule has 21 heavy (non-hydrogen) atoms. The van der Waals surface area contributed by atoms with Crippen LogP contribution in [0.25, 0.3) is 0 Å². The largest absolute Gasteiger partial charge is 0.324 e. The van der Waals surface area contributed by atoms with Crippen LogP contribution in [0.5, 0.6) is 0 Å². The number of benzene rings is 1. The van der Waals surface area contributed by atoms with E-state index < -0.39 is 4.92 Å². The topological polar surface area (TPSA) is 75.5 Å². The predicted octanol–water partition coefficient (Wildman–Crippen LogP) is 2.41. The molecule has 3 rings (SSSR count). The standard InChI is InChI=1S/C14H13N3O3S/c18-14(12-5-6-13(21-12)17(19)20)16-8-7-15-9-10-3-1-2-4-11(10)16/h1-6,15H,7-9H2. The molecule has 0 saturated carbocycles. The number of carbonyl (C=O) groups excluding carboxylic acids is 1. The van der Waals surface area contributed by atoms with Gasteiger partial charge in [-0.3, -0.25) is 14.9 Å². The molecule has 1 aliphatic heterocycles. The number of para-hydroxylation sites is 1. The number of carbonyl (C=O) groups is 1. The van der Waals surface area contributed by atoms with E-state index >= 15 is 0 Å². The van der Waals surface area contributed by atoms with Crippen LogP contribution in [0, 0.1) is 10.1 Å². The van der Waals surface area contributed by atoms with E-state index in [2.05, 4.69) is 5.32 Å². The first-order chi connectivity index (χ1) is 10.2. The summed E-state index contributed by atoms with van der Waals surface area (Å²) in [5.74, 6) is -0.191. The van der Waals surface area contributed by atoms with Crippen LogP contribution in [0.4, 0.5) is 10.7 Å². The van der Waals surface area contributed by atoms with Gasteiger partial charge in [-0.15, -0.1) is 0 Å². The summed E-state index contributed by atoms with van der Waals surface area (Å²) >= 11 is 0.914. The van der Waals surface area contributed by atoms with Crippen LogP contribution < -0.4 is 10.2 Å². The SMILES string of the molecule is O=C(c1ccc([N+](=O)[O-])s1)N1CCNCc2ccccc21. The molecule has 2 heterocycles. The molecule has 0 fully saturated rings. The molecule has 6 nitrogen and oxygen atoms in total. The molecule has 7 heteroatoms. The lowest BCUT2D eigenvalue weighted by molar-refractivity contribution is -0.380. The Morgan fingerprint density at radius 1 is 1.29 bits per heavy atom. The first kappa shape index (κ1) is 13.7. The lowest BCUT2D eigenvalue weighted by Crippen LogP contribution is -2.34. The normalized spacial score (nSPS) is 14.4. The first-order valence-electron chi connectivity index (χ1n) is 6.51. The second kappa shape index (κ2) is 5.63. The number of nitrogens with one attached hydrogen (secondary N) is 1. The third kappa shape index (κ3) is 2.65. The fourth-order valence-corrected chi connectivity index (χ4v) is 3.11. The lowest BCUT2D eigenvalue weighted by atomic mass is 10.1. The fourth-order valence-electron chi connectivity index (χ4n) is 2.34. The van der Waals surface area contributed by atoms with Gasteiger partial charge in [0.15, 0.2) is 0 Å². The molecule has 0 atom stereocenters. The zero-order valence-electron chi connectivity index (χ0n) is 11.1. The van der Waals surface area contributed by atoms with Gasteiger partial charge < -0.3 is 10.2 Å². The molecule has 2 aromatic rings. The van der Waals surface area contributed by atoms with Crippen molar-refractivity contribution in [2.45, 2.75) is 6.54 Å². The van der Waals surface area contributed by atoms with E-state index in [4.69, 9.17) is 0 Å². The molecule has 1 aromatic carbocycles. The quantitative estimate of drug-likeness (QED) is 0.683. The van der Waals surface area contributed by atoms with Gasteiger partial charge in [0, 0.05) is 31.4 Å². The van der Waals surface area contributed by atoms with Crippen molar-refractivity contribution in [3.63, 3.8) is 0 Å². The van der Waals surface area contributed by atoms with Crippen LogP contribution in [0.1, 0.15) is 15.2 Å². The Morgan fingerprint density at radius 2 is 2.10 bits per heavy atom. The van der Waals surface area contributed by atoms with Gasteiger partial charge in [-0.25, -0.2) is 0 Å². The Labute approximate surface area is 125 Å². The number of thiophene rings is 1. The number of hydrogen-bond acceptors (Lipinski definition) is 5. The monoisotopic (exact) mass is 303 g/mol. The van der Waals surface area contributed by atoms with Crippen LogP contribution in [0.2, 0.25) is 0 Å². The van der Waals surface area contributed by atoms with Gasteiger partial charge in [-0.1, -0.05) is 29.5 Å². The van der Waals surface area contributed by atoms with Gasteiger partial charge in [-0.2, -0.15) is 0 Å². The van der Waals surface area contributed by atoms with Crippen molar-refractivity contribution in [1.82, 2.24) is 5.32 Å². The summed E-state index contributed by atoms with van der Waals surface area (Å²) in [7, 11) is 0. The molecule has 0 aliphatic carbocycles. The highest BCUT2D eigenvalue weighted by Crippen LogP contribution is 2.29. The third-order valence-electron chi connectivity index (χ3n) is 3.34. The van der Waals surface area contributed by atoms with Gasteiger partial charge in [0.05, 0.1) is 9.80 Å².